The normalized spacial score (nSPS) is 30.6. The molecule has 4 rings (SSSR count). The van der Waals surface area contributed by atoms with Gasteiger partial charge < -0.3 is 5.32 Å². The van der Waals surface area contributed by atoms with E-state index in [1.165, 1.54) is 36.8 Å². The Morgan fingerprint density at radius 1 is 1.12 bits per heavy atom. The fourth-order valence-electron chi connectivity index (χ4n) is 5.10. The Bertz CT molecular complexity index is 591. The summed E-state index contributed by atoms with van der Waals surface area (Å²) in [5, 5.41) is 3.40. The number of aryl methyl sites for hydroxylation is 1. The van der Waals surface area contributed by atoms with Crippen molar-refractivity contribution >= 4 is 5.91 Å². The highest BCUT2D eigenvalue weighted by molar-refractivity contribution is 5.79. The first-order valence-corrected chi connectivity index (χ1v) is 9.76. The molecule has 0 radical (unpaired) electrons. The molecule has 2 aliphatic carbocycles. The highest BCUT2D eigenvalue weighted by Gasteiger charge is 2.40. The van der Waals surface area contributed by atoms with Crippen molar-refractivity contribution in [3.05, 3.63) is 35.4 Å². The van der Waals surface area contributed by atoms with Crippen molar-refractivity contribution < 1.29 is 4.79 Å². The van der Waals surface area contributed by atoms with E-state index in [0.717, 1.165) is 44.3 Å². The average Bonchev–Trinajstić information content (AvgIpc) is 3.20. The standard InChI is InChI=1S/C21H30N2O/c1-15-4-2-3-5-19(15)14-23-10-8-17(9-11-23)21(24)22-20-13-16-6-7-18(20)12-16/h2-5,16-18,20H,6-14H2,1H3,(H,22,24)/t16-,18-,20+/m0/s1. The molecular formula is C21H30N2O. The number of nitrogens with zero attached hydrogens (tertiary/aromatic N) is 1. The minimum Gasteiger partial charge on any atom is -0.353 e. The Morgan fingerprint density at radius 3 is 2.58 bits per heavy atom. The Hall–Kier alpha value is -1.35. The number of likely N-dealkylation sites (tertiary alicyclic amines) is 1. The second kappa shape index (κ2) is 6.87. The van der Waals surface area contributed by atoms with Crippen LogP contribution in [-0.4, -0.2) is 29.9 Å². The molecule has 3 nitrogen and oxygen atoms in total. The molecule has 3 heteroatoms. The number of nitrogens with one attached hydrogen (secondary N) is 1. The van der Waals surface area contributed by atoms with E-state index in [0.29, 0.717) is 11.9 Å². The molecule has 2 bridgehead atoms. The molecule has 1 aromatic rings. The highest BCUT2D eigenvalue weighted by Crippen LogP contribution is 2.44. The van der Waals surface area contributed by atoms with E-state index >= 15 is 0 Å². The van der Waals surface area contributed by atoms with Gasteiger partial charge in [0.05, 0.1) is 0 Å². The molecule has 24 heavy (non-hydrogen) atoms. The van der Waals surface area contributed by atoms with Crippen LogP contribution in [0.3, 0.4) is 0 Å². The summed E-state index contributed by atoms with van der Waals surface area (Å²) in [6, 6.07) is 9.12. The van der Waals surface area contributed by atoms with Crippen molar-refractivity contribution in [3.63, 3.8) is 0 Å². The maximum Gasteiger partial charge on any atom is 0.223 e. The van der Waals surface area contributed by atoms with Crippen LogP contribution in [0, 0.1) is 24.7 Å². The van der Waals surface area contributed by atoms with E-state index in [1.807, 2.05) is 0 Å². The quantitative estimate of drug-likeness (QED) is 0.918. The summed E-state index contributed by atoms with van der Waals surface area (Å²) in [5.41, 5.74) is 2.79. The average molecular weight is 326 g/mol. The fourth-order valence-corrected chi connectivity index (χ4v) is 5.10. The first-order chi connectivity index (χ1) is 11.7. The topological polar surface area (TPSA) is 32.3 Å². The lowest BCUT2D eigenvalue weighted by molar-refractivity contribution is -0.127. The molecule has 1 heterocycles. The van der Waals surface area contributed by atoms with Gasteiger partial charge in [0, 0.05) is 18.5 Å². The van der Waals surface area contributed by atoms with Crippen LogP contribution in [0.2, 0.25) is 0 Å². The minimum absolute atomic E-state index is 0.234. The Morgan fingerprint density at radius 2 is 1.92 bits per heavy atom. The third kappa shape index (κ3) is 3.37. The van der Waals surface area contributed by atoms with Crippen molar-refractivity contribution in [1.29, 1.82) is 0 Å². The summed E-state index contributed by atoms with van der Waals surface area (Å²) in [6.45, 7) is 5.30. The predicted octanol–water partition coefficient (Wildman–Crippen LogP) is 3.51. The van der Waals surface area contributed by atoms with Gasteiger partial charge in [-0.3, -0.25) is 9.69 Å². The Balaban J connectivity index is 1.25. The molecule has 0 spiro atoms. The Labute approximate surface area is 145 Å². The lowest BCUT2D eigenvalue weighted by Crippen LogP contribution is -2.45. The molecule has 2 saturated carbocycles. The summed E-state index contributed by atoms with van der Waals surface area (Å²) in [7, 11) is 0. The zero-order valence-electron chi connectivity index (χ0n) is 14.8. The molecule has 1 amide bonds. The largest absolute Gasteiger partial charge is 0.353 e. The number of carbonyl (C=O) groups is 1. The van der Waals surface area contributed by atoms with Gasteiger partial charge in [-0.05, 0) is 75.1 Å². The van der Waals surface area contributed by atoms with Crippen LogP contribution < -0.4 is 5.32 Å². The van der Waals surface area contributed by atoms with E-state index in [4.69, 9.17) is 0 Å². The lowest BCUT2D eigenvalue weighted by Gasteiger charge is -2.33. The lowest BCUT2D eigenvalue weighted by atomic mass is 9.92. The molecule has 1 aliphatic heterocycles. The first-order valence-electron chi connectivity index (χ1n) is 9.76. The smallest absolute Gasteiger partial charge is 0.223 e. The molecule has 1 saturated heterocycles. The molecule has 0 aromatic heterocycles. The summed E-state index contributed by atoms with van der Waals surface area (Å²) in [6.07, 6.45) is 7.36. The summed E-state index contributed by atoms with van der Waals surface area (Å²) < 4.78 is 0. The van der Waals surface area contributed by atoms with Gasteiger partial charge >= 0.3 is 0 Å². The van der Waals surface area contributed by atoms with E-state index in [9.17, 15) is 4.79 Å². The second-order valence-corrected chi connectivity index (χ2v) is 8.27. The monoisotopic (exact) mass is 326 g/mol. The zero-order chi connectivity index (χ0) is 16.5. The number of hydrogen-bond acceptors (Lipinski definition) is 2. The summed E-state index contributed by atoms with van der Waals surface area (Å²) in [4.78, 5) is 15.1. The summed E-state index contributed by atoms with van der Waals surface area (Å²) >= 11 is 0. The van der Waals surface area contributed by atoms with Gasteiger partial charge in [0.15, 0.2) is 0 Å². The predicted molar refractivity (Wildman–Crippen MR) is 96.6 cm³/mol. The van der Waals surface area contributed by atoms with E-state index in [2.05, 4.69) is 41.4 Å². The Kier molecular flexibility index (Phi) is 4.62. The number of rotatable bonds is 4. The van der Waals surface area contributed by atoms with Crippen molar-refractivity contribution in [3.8, 4) is 0 Å². The van der Waals surface area contributed by atoms with Gasteiger partial charge in [-0.2, -0.15) is 0 Å². The fraction of sp³-hybridized carbons (Fsp3) is 0.667. The highest BCUT2D eigenvalue weighted by atomic mass is 16.2. The van der Waals surface area contributed by atoms with Gasteiger partial charge in [-0.25, -0.2) is 0 Å². The summed E-state index contributed by atoms with van der Waals surface area (Å²) in [5.74, 6) is 2.25. The molecule has 3 atom stereocenters. The molecule has 130 valence electrons. The molecule has 1 aromatic carbocycles. The number of piperidine rings is 1. The van der Waals surface area contributed by atoms with Crippen molar-refractivity contribution in [2.24, 2.45) is 17.8 Å². The zero-order valence-corrected chi connectivity index (χ0v) is 14.8. The first kappa shape index (κ1) is 16.1. The van der Waals surface area contributed by atoms with Crippen LogP contribution in [0.5, 0.6) is 0 Å². The van der Waals surface area contributed by atoms with E-state index in [-0.39, 0.29) is 5.92 Å². The van der Waals surface area contributed by atoms with Gasteiger partial charge in [0.25, 0.3) is 0 Å². The van der Waals surface area contributed by atoms with E-state index in [1.54, 1.807) is 0 Å². The minimum atomic E-state index is 0.234. The van der Waals surface area contributed by atoms with Crippen LogP contribution >= 0.6 is 0 Å². The van der Waals surface area contributed by atoms with Crippen LogP contribution in [0.1, 0.15) is 49.7 Å². The molecule has 3 fully saturated rings. The molecule has 3 aliphatic rings. The van der Waals surface area contributed by atoms with Crippen LogP contribution in [0.4, 0.5) is 0 Å². The van der Waals surface area contributed by atoms with Crippen LogP contribution in [-0.2, 0) is 11.3 Å². The molecule has 1 N–H and O–H groups in total. The van der Waals surface area contributed by atoms with Gasteiger partial charge in [0.1, 0.15) is 0 Å². The van der Waals surface area contributed by atoms with E-state index < -0.39 is 0 Å². The number of amides is 1. The van der Waals surface area contributed by atoms with Crippen LogP contribution in [0.15, 0.2) is 24.3 Å². The number of fused-ring (bicyclic) bond motifs is 2. The van der Waals surface area contributed by atoms with Gasteiger partial charge in [-0.1, -0.05) is 30.7 Å². The maximum atomic E-state index is 12.6. The van der Waals surface area contributed by atoms with Crippen LogP contribution in [0.25, 0.3) is 0 Å². The number of hydrogen-bond donors (Lipinski definition) is 1. The second-order valence-electron chi connectivity index (χ2n) is 8.27. The SMILES string of the molecule is Cc1ccccc1CN1CCC(C(=O)N[C@@H]2C[C@H]3CC[C@H]2C3)CC1. The van der Waals surface area contributed by atoms with Crippen molar-refractivity contribution in [2.45, 2.75) is 58.0 Å². The third-order valence-corrected chi connectivity index (χ3v) is 6.68. The van der Waals surface area contributed by atoms with Crippen molar-refractivity contribution in [1.82, 2.24) is 10.2 Å². The molecule has 0 unspecified atom stereocenters. The van der Waals surface area contributed by atoms with Gasteiger partial charge in [-0.15, -0.1) is 0 Å². The van der Waals surface area contributed by atoms with Crippen molar-refractivity contribution in [2.75, 3.05) is 13.1 Å². The molecular weight excluding hydrogens is 296 g/mol. The van der Waals surface area contributed by atoms with Gasteiger partial charge in [0.2, 0.25) is 5.91 Å². The number of benzene rings is 1. The third-order valence-electron chi connectivity index (χ3n) is 6.68. The maximum absolute atomic E-state index is 12.6. The number of carbonyl (C=O) groups excluding carboxylic acids is 1.